The molecule has 1 unspecified atom stereocenters. The maximum atomic E-state index is 5.92. The lowest BCUT2D eigenvalue weighted by atomic mass is 9.86. The standard InChI is InChI=1S/C16H25BrO/c1-6-13(10-17)11-18-15-8-7-14(9-12(15)2)16(3,4)5/h7-9,13H,6,10-11H2,1-5H3. The van der Waals surface area contributed by atoms with Crippen molar-refractivity contribution in [3.8, 4) is 5.75 Å². The molecule has 0 radical (unpaired) electrons. The summed E-state index contributed by atoms with van der Waals surface area (Å²) in [6.07, 6.45) is 1.14. The van der Waals surface area contributed by atoms with Crippen molar-refractivity contribution in [2.45, 2.75) is 46.5 Å². The van der Waals surface area contributed by atoms with E-state index in [0.29, 0.717) is 5.92 Å². The van der Waals surface area contributed by atoms with Crippen LogP contribution in [-0.4, -0.2) is 11.9 Å². The molecule has 0 saturated heterocycles. The first-order chi connectivity index (χ1) is 8.38. The van der Waals surface area contributed by atoms with Crippen molar-refractivity contribution in [3.63, 3.8) is 0 Å². The second-order valence-electron chi connectivity index (χ2n) is 5.97. The topological polar surface area (TPSA) is 9.23 Å². The molecule has 1 aromatic carbocycles. The van der Waals surface area contributed by atoms with Gasteiger partial charge in [0, 0.05) is 11.2 Å². The smallest absolute Gasteiger partial charge is 0.122 e. The van der Waals surface area contributed by atoms with Crippen LogP contribution in [-0.2, 0) is 5.41 Å². The van der Waals surface area contributed by atoms with Crippen molar-refractivity contribution in [3.05, 3.63) is 29.3 Å². The molecule has 0 heterocycles. The fraction of sp³-hybridized carbons (Fsp3) is 0.625. The lowest BCUT2D eigenvalue weighted by Gasteiger charge is -2.21. The van der Waals surface area contributed by atoms with Crippen molar-refractivity contribution in [2.24, 2.45) is 5.92 Å². The van der Waals surface area contributed by atoms with Crippen LogP contribution in [0.4, 0.5) is 0 Å². The quantitative estimate of drug-likeness (QED) is 0.688. The number of benzene rings is 1. The fourth-order valence-electron chi connectivity index (χ4n) is 1.76. The van der Waals surface area contributed by atoms with Gasteiger partial charge < -0.3 is 4.74 Å². The van der Waals surface area contributed by atoms with Crippen LogP contribution in [0.3, 0.4) is 0 Å². The zero-order valence-electron chi connectivity index (χ0n) is 12.2. The second-order valence-corrected chi connectivity index (χ2v) is 6.62. The van der Waals surface area contributed by atoms with Crippen molar-refractivity contribution in [2.75, 3.05) is 11.9 Å². The Hall–Kier alpha value is -0.500. The maximum Gasteiger partial charge on any atom is 0.122 e. The molecule has 1 atom stereocenters. The number of aryl methyl sites for hydroxylation is 1. The van der Waals surface area contributed by atoms with Gasteiger partial charge in [-0.15, -0.1) is 0 Å². The minimum Gasteiger partial charge on any atom is -0.493 e. The first-order valence-corrected chi connectivity index (χ1v) is 7.80. The Labute approximate surface area is 120 Å². The normalized spacial score (nSPS) is 13.4. The van der Waals surface area contributed by atoms with Gasteiger partial charge in [-0.3, -0.25) is 0 Å². The summed E-state index contributed by atoms with van der Waals surface area (Å²) < 4.78 is 5.92. The molecular weight excluding hydrogens is 288 g/mol. The highest BCUT2D eigenvalue weighted by Crippen LogP contribution is 2.27. The van der Waals surface area contributed by atoms with E-state index in [1.54, 1.807) is 0 Å². The van der Waals surface area contributed by atoms with Crippen molar-refractivity contribution in [1.82, 2.24) is 0 Å². The number of rotatable bonds is 5. The van der Waals surface area contributed by atoms with Gasteiger partial charge in [-0.2, -0.15) is 0 Å². The molecule has 0 fully saturated rings. The monoisotopic (exact) mass is 312 g/mol. The van der Waals surface area contributed by atoms with Crippen LogP contribution in [0.25, 0.3) is 0 Å². The molecule has 1 aromatic rings. The van der Waals surface area contributed by atoms with Gasteiger partial charge in [0.2, 0.25) is 0 Å². The van der Waals surface area contributed by atoms with Crippen LogP contribution in [0.5, 0.6) is 5.75 Å². The molecule has 0 N–H and O–H groups in total. The van der Waals surface area contributed by atoms with E-state index in [0.717, 1.165) is 24.1 Å². The highest BCUT2D eigenvalue weighted by molar-refractivity contribution is 9.09. The Balaban J connectivity index is 2.74. The van der Waals surface area contributed by atoms with Gasteiger partial charge in [-0.1, -0.05) is 55.8 Å². The van der Waals surface area contributed by atoms with E-state index in [-0.39, 0.29) is 5.41 Å². The number of hydrogen-bond acceptors (Lipinski definition) is 1. The number of hydrogen-bond donors (Lipinski definition) is 0. The molecule has 0 aliphatic heterocycles. The molecule has 1 rings (SSSR count). The van der Waals surface area contributed by atoms with Gasteiger partial charge in [0.05, 0.1) is 6.61 Å². The Morgan fingerprint density at radius 2 is 1.94 bits per heavy atom. The number of halogens is 1. The van der Waals surface area contributed by atoms with Gasteiger partial charge in [-0.05, 0) is 36.0 Å². The molecule has 0 bridgehead atoms. The molecule has 0 aliphatic carbocycles. The summed E-state index contributed by atoms with van der Waals surface area (Å²) >= 11 is 3.53. The van der Waals surface area contributed by atoms with E-state index in [1.807, 2.05) is 0 Å². The lowest BCUT2D eigenvalue weighted by molar-refractivity contribution is 0.258. The van der Waals surface area contributed by atoms with E-state index in [1.165, 1.54) is 11.1 Å². The molecule has 18 heavy (non-hydrogen) atoms. The SMILES string of the molecule is CCC(CBr)COc1ccc(C(C)(C)C)cc1C. The minimum atomic E-state index is 0.200. The lowest BCUT2D eigenvalue weighted by Crippen LogP contribution is -2.14. The molecular formula is C16H25BrO. The maximum absolute atomic E-state index is 5.92. The van der Waals surface area contributed by atoms with Gasteiger partial charge in [0.15, 0.2) is 0 Å². The summed E-state index contributed by atoms with van der Waals surface area (Å²) in [4.78, 5) is 0. The van der Waals surface area contributed by atoms with Gasteiger partial charge >= 0.3 is 0 Å². The van der Waals surface area contributed by atoms with Gasteiger partial charge in [-0.25, -0.2) is 0 Å². The van der Waals surface area contributed by atoms with Crippen LogP contribution in [0.2, 0.25) is 0 Å². The van der Waals surface area contributed by atoms with E-state index < -0.39 is 0 Å². The summed E-state index contributed by atoms with van der Waals surface area (Å²) in [5.41, 5.74) is 2.79. The predicted octanol–water partition coefficient (Wildman–Crippen LogP) is 5.09. The molecule has 0 aromatic heterocycles. The highest BCUT2D eigenvalue weighted by Gasteiger charge is 2.15. The zero-order valence-corrected chi connectivity index (χ0v) is 13.8. The average molecular weight is 313 g/mol. The molecule has 0 spiro atoms. The molecule has 102 valence electrons. The average Bonchev–Trinajstić information content (AvgIpc) is 2.30. The predicted molar refractivity (Wildman–Crippen MR) is 82.9 cm³/mol. The molecule has 0 amide bonds. The first-order valence-electron chi connectivity index (χ1n) is 6.68. The fourth-order valence-corrected chi connectivity index (χ4v) is 2.40. The third kappa shape index (κ3) is 4.31. The Morgan fingerprint density at radius 1 is 1.28 bits per heavy atom. The molecule has 2 heteroatoms. The van der Waals surface area contributed by atoms with E-state index in [2.05, 4.69) is 68.7 Å². The van der Waals surface area contributed by atoms with Crippen LogP contribution in [0, 0.1) is 12.8 Å². The summed E-state index contributed by atoms with van der Waals surface area (Å²) in [6.45, 7) is 11.8. The van der Waals surface area contributed by atoms with Crippen LogP contribution >= 0.6 is 15.9 Å². The zero-order chi connectivity index (χ0) is 13.8. The van der Waals surface area contributed by atoms with E-state index in [9.17, 15) is 0 Å². The Kier molecular flexibility index (Phi) is 5.71. The van der Waals surface area contributed by atoms with Crippen molar-refractivity contribution < 1.29 is 4.74 Å². The van der Waals surface area contributed by atoms with Crippen molar-refractivity contribution in [1.29, 1.82) is 0 Å². The number of alkyl halides is 1. The third-order valence-electron chi connectivity index (χ3n) is 3.31. The van der Waals surface area contributed by atoms with Crippen LogP contribution < -0.4 is 4.74 Å². The minimum absolute atomic E-state index is 0.200. The largest absolute Gasteiger partial charge is 0.493 e. The summed E-state index contributed by atoms with van der Waals surface area (Å²) in [6, 6.07) is 6.53. The van der Waals surface area contributed by atoms with Crippen LogP contribution in [0.1, 0.15) is 45.2 Å². The molecule has 0 saturated carbocycles. The van der Waals surface area contributed by atoms with Crippen molar-refractivity contribution >= 4 is 15.9 Å². The molecule has 0 aliphatic rings. The Morgan fingerprint density at radius 3 is 2.39 bits per heavy atom. The van der Waals surface area contributed by atoms with Crippen LogP contribution in [0.15, 0.2) is 18.2 Å². The molecule has 1 nitrogen and oxygen atoms in total. The summed E-state index contributed by atoms with van der Waals surface area (Å²) in [5, 5.41) is 1.00. The van der Waals surface area contributed by atoms with E-state index >= 15 is 0 Å². The van der Waals surface area contributed by atoms with Gasteiger partial charge in [0.25, 0.3) is 0 Å². The summed E-state index contributed by atoms with van der Waals surface area (Å²) in [5.74, 6) is 1.61. The Bertz CT molecular complexity index is 375. The van der Waals surface area contributed by atoms with Gasteiger partial charge in [0.1, 0.15) is 5.75 Å². The second kappa shape index (κ2) is 6.60. The third-order valence-corrected chi connectivity index (χ3v) is 4.23. The summed E-state index contributed by atoms with van der Waals surface area (Å²) in [7, 11) is 0. The van der Waals surface area contributed by atoms with E-state index in [4.69, 9.17) is 4.74 Å². The first kappa shape index (κ1) is 15.6. The number of ether oxygens (including phenoxy) is 1. The highest BCUT2D eigenvalue weighted by atomic mass is 79.9.